The van der Waals surface area contributed by atoms with E-state index in [4.69, 9.17) is 16.9 Å². The summed E-state index contributed by atoms with van der Waals surface area (Å²) in [6, 6.07) is 5.27. The predicted octanol–water partition coefficient (Wildman–Crippen LogP) is 2.51. The summed E-state index contributed by atoms with van der Waals surface area (Å²) in [5.74, 6) is 0.411. The van der Waals surface area contributed by atoms with Gasteiger partial charge in [0.1, 0.15) is 0 Å². The zero-order chi connectivity index (χ0) is 8.27. The molecule has 1 rings (SSSR count). The van der Waals surface area contributed by atoms with E-state index in [1.165, 1.54) is 0 Å². The van der Waals surface area contributed by atoms with Gasteiger partial charge in [0.05, 0.1) is 5.02 Å². The van der Waals surface area contributed by atoms with Crippen molar-refractivity contribution in [2.75, 3.05) is 0 Å². The lowest BCUT2D eigenvalue weighted by Gasteiger charge is -1.99. The molecule has 0 N–H and O–H groups in total. The molecule has 0 aliphatic carbocycles. The van der Waals surface area contributed by atoms with Crippen molar-refractivity contribution in [1.82, 2.24) is 0 Å². The number of aryl methyl sites for hydroxylation is 1. The number of hydrogen-bond donors (Lipinski definition) is 0. The monoisotopic (exact) mass is 167 g/mol. The Morgan fingerprint density at radius 2 is 2.27 bits per heavy atom. The van der Waals surface area contributed by atoms with E-state index in [1.807, 2.05) is 13.0 Å². The van der Waals surface area contributed by atoms with E-state index < -0.39 is 0 Å². The molecule has 1 aromatic rings. The van der Waals surface area contributed by atoms with Crippen LogP contribution in [0.1, 0.15) is 5.56 Å². The van der Waals surface area contributed by atoms with Crippen molar-refractivity contribution < 1.29 is 4.74 Å². The Balaban J connectivity index is 3.05. The molecular weight excluding hydrogens is 162 g/mol. The maximum atomic E-state index is 8.20. The SMILES string of the molecule is Cc1ccc(Cl)c(OC#N)c1. The lowest BCUT2D eigenvalue weighted by Crippen LogP contribution is -1.83. The summed E-state index contributed by atoms with van der Waals surface area (Å²) in [6.45, 7) is 1.90. The van der Waals surface area contributed by atoms with Crippen LogP contribution in [0.3, 0.4) is 0 Å². The quantitative estimate of drug-likeness (QED) is 0.602. The molecule has 0 aliphatic rings. The maximum Gasteiger partial charge on any atom is 0.292 e. The lowest BCUT2D eigenvalue weighted by atomic mass is 10.2. The summed E-state index contributed by atoms with van der Waals surface area (Å²) in [5, 5.41) is 8.66. The van der Waals surface area contributed by atoms with Crippen LogP contribution in [0.4, 0.5) is 0 Å². The number of halogens is 1. The van der Waals surface area contributed by atoms with Crippen LogP contribution in [0.15, 0.2) is 18.2 Å². The van der Waals surface area contributed by atoms with Crippen molar-refractivity contribution in [1.29, 1.82) is 5.26 Å². The number of benzene rings is 1. The van der Waals surface area contributed by atoms with Gasteiger partial charge in [0.2, 0.25) is 0 Å². The lowest BCUT2D eigenvalue weighted by molar-refractivity contribution is 0.507. The number of hydrogen-bond acceptors (Lipinski definition) is 2. The van der Waals surface area contributed by atoms with E-state index in [0.717, 1.165) is 5.56 Å². The Bertz CT molecular complexity index is 303. The van der Waals surface area contributed by atoms with Crippen LogP contribution in [0.5, 0.6) is 5.75 Å². The van der Waals surface area contributed by atoms with Crippen molar-refractivity contribution in [2.45, 2.75) is 6.92 Å². The molecule has 56 valence electrons. The van der Waals surface area contributed by atoms with Crippen LogP contribution in [0.25, 0.3) is 0 Å². The third-order valence-corrected chi connectivity index (χ3v) is 1.55. The van der Waals surface area contributed by atoms with Crippen molar-refractivity contribution >= 4 is 11.6 Å². The average molecular weight is 168 g/mol. The molecule has 0 fully saturated rings. The second-order valence-electron chi connectivity index (χ2n) is 2.13. The molecule has 0 saturated heterocycles. The van der Waals surface area contributed by atoms with E-state index in [0.29, 0.717) is 10.8 Å². The van der Waals surface area contributed by atoms with Crippen LogP contribution in [0, 0.1) is 18.4 Å². The van der Waals surface area contributed by atoms with Crippen LogP contribution in [-0.4, -0.2) is 0 Å². The standard InChI is InChI=1S/C8H6ClNO/c1-6-2-3-7(9)8(4-6)11-5-10/h2-4H,1H3. The van der Waals surface area contributed by atoms with E-state index in [2.05, 4.69) is 4.74 Å². The minimum atomic E-state index is 0.411. The molecule has 0 bridgehead atoms. The van der Waals surface area contributed by atoms with Gasteiger partial charge >= 0.3 is 0 Å². The minimum absolute atomic E-state index is 0.411. The minimum Gasteiger partial charge on any atom is -0.386 e. The molecule has 3 heteroatoms. The van der Waals surface area contributed by atoms with E-state index in [1.54, 1.807) is 18.4 Å². The van der Waals surface area contributed by atoms with Gasteiger partial charge in [0.15, 0.2) is 5.75 Å². The maximum absolute atomic E-state index is 8.20. The average Bonchev–Trinajstić information content (AvgIpc) is 1.98. The van der Waals surface area contributed by atoms with Gasteiger partial charge in [-0.3, -0.25) is 0 Å². The highest BCUT2D eigenvalue weighted by Gasteiger charge is 1.99. The number of ether oxygens (including phenoxy) is 1. The first-order valence-electron chi connectivity index (χ1n) is 3.06. The third kappa shape index (κ3) is 1.86. The van der Waals surface area contributed by atoms with Crippen molar-refractivity contribution in [3.05, 3.63) is 28.8 Å². The molecule has 0 radical (unpaired) electrons. The van der Waals surface area contributed by atoms with Crippen LogP contribution in [0.2, 0.25) is 5.02 Å². The smallest absolute Gasteiger partial charge is 0.292 e. The first-order valence-corrected chi connectivity index (χ1v) is 3.44. The van der Waals surface area contributed by atoms with Crippen molar-refractivity contribution in [2.24, 2.45) is 0 Å². The molecule has 11 heavy (non-hydrogen) atoms. The Labute approximate surface area is 70.0 Å². The Morgan fingerprint density at radius 3 is 2.91 bits per heavy atom. The van der Waals surface area contributed by atoms with Gasteiger partial charge in [-0.15, -0.1) is 5.26 Å². The van der Waals surface area contributed by atoms with Crippen LogP contribution >= 0.6 is 11.6 Å². The second kappa shape index (κ2) is 3.27. The van der Waals surface area contributed by atoms with Crippen molar-refractivity contribution in [3.8, 4) is 12.0 Å². The van der Waals surface area contributed by atoms with Gasteiger partial charge in [-0.1, -0.05) is 17.7 Å². The second-order valence-corrected chi connectivity index (χ2v) is 2.53. The molecule has 0 heterocycles. The normalized spacial score (nSPS) is 8.82. The molecule has 0 unspecified atom stereocenters. The van der Waals surface area contributed by atoms with Crippen LogP contribution < -0.4 is 4.74 Å². The fraction of sp³-hybridized carbons (Fsp3) is 0.125. The summed E-state index contributed by atoms with van der Waals surface area (Å²) in [6.07, 6.45) is 1.57. The first-order chi connectivity index (χ1) is 5.24. The zero-order valence-corrected chi connectivity index (χ0v) is 6.72. The highest BCUT2D eigenvalue weighted by molar-refractivity contribution is 6.32. The molecule has 0 aliphatic heterocycles. The van der Waals surface area contributed by atoms with Gasteiger partial charge < -0.3 is 4.74 Å². The molecule has 0 atom stereocenters. The molecule has 1 aromatic carbocycles. The fourth-order valence-electron chi connectivity index (χ4n) is 0.738. The summed E-state index contributed by atoms with van der Waals surface area (Å²) in [7, 11) is 0. The third-order valence-electron chi connectivity index (χ3n) is 1.24. The van der Waals surface area contributed by atoms with Gasteiger partial charge in [0.25, 0.3) is 6.26 Å². The summed E-state index contributed by atoms with van der Waals surface area (Å²) >= 11 is 5.70. The fourth-order valence-corrected chi connectivity index (χ4v) is 0.894. The molecule has 2 nitrogen and oxygen atoms in total. The predicted molar refractivity (Wildman–Crippen MR) is 42.4 cm³/mol. The number of rotatable bonds is 1. The summed E-state index contributed by atoms with van der Waals surface area (Å²) < 4.78 is 4.59. The van der Waals surface area contributed by atoms with Gasteiger partial charge in [-0.05, 0) is 24.6 Å². The summed E-state index contributed by atoms with van der Waals surface area (Å²) in [5.41, 5.74) is 1.01. The van der Waals surface area contributed by atoms with E-state index in [-0.39, 0.29) is 0 Å². The Morgan fingerprint density at radius 1 is 1.55 bits per heavy atom. The van der Waals surface area contributed by atoms with Gasteiger partial charge in [0, 0.05) is 0 Å². The van der Waals surface area contributed by atoms with E-state index >= 15 is 0 Å². The topological polar surface area (TPSA) is 33.0 Å². The summed E-state index contributed by atoms with van der Waals surface area (Å²) in [4.78, 5) is 0. The van der Waals surface area contributed by atoms with E-state index in [9.17, 15) is 0 Å². The largest absolute Gasteiger partial charge is 0.386 e. The Hall–Kier alpha value is -1.20. The molecule has 0 spiro atoms. The molecule has 0 amide bonds. The molecule has 0 aromatic heterocycles. The number of nitriles is 1. The van der Waals surface area contributed by atoms with Crippen LogP contribution in [-0.2, 0) is 0 Å². The highest BCUT2D eigenvalue weighted by Crippen LogP contribution is 2.24. The molecule has 0 saturated carbocycles. The van der Waals surface area contributed by atoms with Crippen molar-refractivity contribution in [3.63, 3.8) is 0 Å². The molecular formula is C8H6ClNO. The highest BCUT2D eigenvalue weighted by atomic mass is 35.5. The van der Waals surface area contributed by atoms with Gasteiger partial charge in [-0.25, -0.2) is 0 Å². The van der Waals surface area contributed by atoms with Gasteiger partial charge in [-0.2, -0.15) is 0 Å². The first kappa shape index (κ1) is 7.90. The Kier molecular flexibility index (Phi) is 2.35. The number of nitrogens with zero attached hydrogens (tertiary/aromatic N) is 1. The zero-order valence-electron chi connectivity index (χ0n) is 5.97.